The van der Waals surface area contributed by atoms with Crippen LogP contribution in [0.5, 0.6) is 0 Å². The summed E-state index contributed by atoms with van der Waals surface area (Å²) in [4.78, 5) is 7.93. The molecule has 148 valence electrons. The van der Waals surface area contributed by atoms with Crippen molar-refractivity contribution < 1.29 is 0 Å². The van der Waals surface area contributed by atoms with Gasteiger partial charge in [-0.05, 0) is 22.8 Å². The molecule has 0 spiro atoms. The normalized spacial score (nSPS) is 20.0. The second-order valence-electron chi connectivity index (χ2n) is 8.35. The molecule has 0 aliphatic carbocycles. The van der Waals surface area contributed by atoms with Crippen molar-refractivity contribution in [2.75, 3.05) is 31.1 Å². The molecule has 0 aromatic heterocycles. The van der Waals surface area contributed by atoms with Gasteiger partial charge in [0.25, 0.3) is 0 Å². The Balaban J connectivity index is 1.37. The van der Waals surface area contributed by atoms with Crippen LogP contribution in [0.1, 0.15) is 16.7 Å². The monoisotopic (exact) mass is 383 g/mol. The zero-order valence-corrected chi connectivity index (χ0v) is 17.0. The van der Waals surface area contributed by atoms with Crippen LogP contribution in [0, 0.1) is 0 Å². The summed E-state index contributed by atoms with van der Waals surface area (Å²) in [5.41, 5.74) is 5.71. The fourth-order valence-electron chi connectivity index (χ4n) is 4.87. The molecule has 1 saturated heterocycles. The summed E-state index contributed by atoms with van der Waals surface area (Å²) in [6, 6.07) is 31.3. The lowest BCUT2D eigenvalue weighted by Gasteiger charge is -2.43. The Morgan fingerprint density at radius 3 is 1.93 bits per heavy atom. The van der Waals surface area contributed by atoms with Gasteiger partial charge in [-0.1, -0.05) is 78.9 Å². The third-order valence-electron chi connectivity index (χ3n) is 6.23. The van der Waals surface area contributed by atoms with Gasteiger partial charge in [-0.3, -0.25) is 9.80 Å². The van der Waals surface area contributed by atoms with Gasteiger partial charge in [-0.15, -0.1) is 0 Å². The summed E-state index contributed by atoms with van der Waals surface area (Å²) >= 11 is 0. The molecule has 0 N–H and O–H groups in total. The van der Waals surface area contributed by atoms with Crippen molar-refractivity contribution in [2.24, 2.45) is 0 Å². The molecule has 1 fully saturated rings. The van der Waals surface area contributed by atoms with Gasteiger partial charge >= 0.3 is 0 Å². The SMILES string of the molecule is c1ccc(CN2CCN3c4ccccc4CN(Cc4ccccc4)CC3C2)cc1. The van der Waals surface area contributed by atoms with E-state index >= 15 is 0 Å². The smallest absolute Gasteiger partial charge is 0.0545 e. The molecule has 1 atom stereocenters. The molecule has 2 aliphatic heterocycles. The highest BCUT2D eigenvalue weighted by atomic mass is 15.3. The van der Waals surface area contributed by atoms with Crippen molar-refractivity contribution in [3.05, 3.63) is 102 Å². The molecule has 3 nitrogen and oxygen atoms in total. The largest absolute Gasteiger partial charge is 0.364 e. The van der Waals surface area contributed by atoms with Gasteiger partial charge in [0.05, 0.1) is 6.04 Å². The van der Waals surface area contributed by atoms with Crippen molar-refractivity contribution in [3.63, 3.8) is 0 Å². The van der Waals surface area contributed by atoms with E-state index in [4.69, 9.17) is 0 Å². The molecule has 3 aromatic carbocycles. The minimum atomic E-state index is 0.528. The van der Waals surface area contributed by atoms with E-state index in [-0.39, 0.29) is 0 Å². The third kappa shape index (κ3) is 4.21. The molecule has 0 radical (unpaired) electrons. The number of hydrogen-bond acceptors (Lipinski definition) is 3. The van der Waals surface area contributed by atoms with Crippen molar-refractivity contribution in [3.8, 4) is 0 Å². The predicted octanol–water partition coefficient (Wildman–Crippen LogP) is 4.39. The summed E-state index contributed by atoms with van der Waals surface area (Å²) in [5, 5.41) is 0. The Hall–Kier alpha value is -2.62. The fourth-order valence-corrected chi connectivity index (χ4v) is 4.87. The average molecular weight is 384 g/mol. The first-order valence-electron chi connectivity index (χ1n) is 10.7. The molecule has 5 rings (SSSR count). The van der Waals surface area contributed by atoms with Crippen molar-refractivity contribution in [1.82, 2.24) is 9.80 Å². The molecular weight excluding hydrogens is 354 g/mol. The highest BCUT2D eigenvalue weighted by molar-refractivity contribution is 5.56. The molecule has 2 heterocycles. The first-order valence-corrected chi connectivity index (χ1v) is 10.7. The van der Waals surface area contributed by atoms with E-state index in [1.165, 1.54) is 22.4 Å². The van der Waals surface area contributed by atoms with Gasteiger partial charge in [0, 0.05) is 51.5 Å². The van der Waals surface area contributed by atoms with Gasteiger partial charge in [-0.2, -0.15) is 0 Å². The number of fused-ring (bicyclic) bond motifs is 3. The molecule has 29 heavy (non-hydrogen) atoms. The zero-order valence-electron chi connectivity index (χ0n) is 17.0. The minimum Gasteiger partial charge on any atom is -0.364 e. The molecule has 0 bridgehead atoms. The first kappa shape index (κ1) is 18.4. The number of benzene rings is 3. The zero-order chi connectivity index (χ0) is 19.5. The highest BCUT2D eigenvalue weighted by Gasteiger charge is 2.32. The van der Waals surface area contributed by atoms with E-state index in [2.05, 4.69) is 99.6 Å². The van der Waals surface area contributed by atoms with Crippen molar-refractivity contribution in [2.45, 2.75) is 25.7 Å². The predicted molar refractivity (Wildman–Crippen MR) is 120 cm³/mol. The van der Waals surface area contributed by atoms with E-state index in [0.29, 0.717) is 6.04 Å². The van der Waals surface area contributed by atoms with Gasteiger partial charge in [0.1, 0.15) is 0 Å². The minimum absolute atomic E-state index is 0.528. The molecule has 0 saturated carbocycles. The standard InChI is InChI=1S/C26H29N3/c1-3-9-22(10-4-1)17-27-15-16-29-25(20-27)21-28(18-23-11-5-2-6-12-23)19-24-13-7-8-14-26(24)29/h1-14,25H,15-21H2. The maximum Gasteiger partial charge on any atom is 0.0545 e. The van der Waals surface area contributed by atoms with E-state index < -0.39 is 0 Å². The summed E-state index contributed by atoms with van der Waals surface area (Å²) in [7, 11) is 0. The Morgan fingerprint density at radius 2 is 1.21 bits per heavy atom. The number of para-hydroxylation sites is 1. The van der Waals surface area contributed by atoms with Crippen molar-refractivity contribution in [1.29, 1.82) is 0 Å². The lowest BCUT2D eigenvalue weighted by molar-refractivity contribution is 0.172. The Kier molecular flexibility index (Phi) is 5.33. The molecule has 0 amide bonds. The summed E-state index contributed by atoms with van der Waals surface area (Å²) in [5.74, 6) is 0. The highest BCUT2D eigenvalue weighted by Crippen LogP contribution is 2.30. The van der Waals surface area contributed by atoms with Gasteiger partial charge < -0.3 is 4.90 Å². The summed E-state index contributed by atoms with van der Waals surface area (Å²) < 4.78 is 0. The van der Waals surface area contributed by atoms with Crippen molar-refractivity contribution >= 4 is 5.69 Å². The topological polar surface area (TPSA) is 9.72 Å². The number of hydrogen-bond donors (Lipinski definition) is 0. The van der Waals surface area contributed by atoms with Crippen LogP contribution in [-0.4, -0.2) is 42.0 Å². The van der Waals surface area contributed by atoms with Crippen LogP contribution in [0.2, 0.25) is 0 Å². The van der Waals surface area contributed by atoms with E-state index in [0.717, 1.165) is 45.8 Å². The van der Waals surface area contributed by atoms with E-state index in [1.807, 2.05) is 0 Å². The first-order chi connectivity index (χ1) is 14.3. The quantitative estimate of drug-likeness (QED) is 0.661. The second-order valence-corrected chi connectivity index (χ2v) is 8.35. The third-order valence-corrected chi connectivity index (χ3v) is 6.23. The van der Waals surface area contributed by atoms with Crippen LogP contribution in [-0.2, 0) is 19.6 Å². The van der Waals surface area contributed by atoms with E-state index in [9.17, 15) is 0 Å². The summed E-state index contributed by atoms with van der Waals surface area (Å²) in [6.45, 7) is 7.54. The lowest BCUT2D eigenvalue weighted by atomic mass is 10.1. The summed E-state index contributed by atoms with van der Waals surface area (Å²) in [6.07, 6.45) is 0. The average Bonchev–Trinajstić information content (AvgIpc) is 2.91. The van der Waals surface area contributed by atoms with Gasteiger partial charge in [0.2, 0.25) is 0 Å². The maximum absolute atomic E-state index is 2.67. The van der Waals surface area contributed by atoms with Crippen LogP contribution < -0.4 is 4.90 Å². The molecule has 1 unspecified atom stereocenters. The molecule has 3 aromatic rings. The fraction of sp³-hybridized carbons (Fsp3) is 0.308. The van der Waals surface area contributed by atoms with Crippen LogP contribution in [0.15, 0.2) is 84.9 Å². The van der Waals surface area contributed by atoms with Crippen LogP contribution in [0.4, 0.5) is 5.69 Å². The van der Waals surface area contributed by atoms with Gasteiger partial charge in [-0.25, -0.2) is 0 Å². The van der Waals surface area contributed by atoms with Crippen LogP contribution in [0.3, 0.4) is 0 Å². The second kappa shape index (κ2) is 8.40. The number of nitrogens with zero attached hydrogens (tertiary/aromatic N) is 3. The molecule has 2 aliphatic rings. The number of anilines is 1. The number of rotatable bonds is 4. The Morgan fingerprint density at radius 1 is 0.621 bits per heavy atom. The van der Waals surface area contributed by atoms with Crippen LogP contribution >= 0.6 is 0 Å². The molecular formula is C26H29N3. The van der Waals surface area contributed by atoms with Crippen LogP contribution in [0.25, 0.3) is 0 Å². The van der Waals surface area contributed by atoms with Gasteiger partial charge in [0.15, 0.2) is 0 Å². The Bertz CT molecular complexity index is 925. The lowest BCUT2D eigenvalue weighted by Crippen LogP contribution is -2.55. The number of piperazine rings is 1. The maximum atomic E-state index is 2.67. The molecule has 3 heteroatoms. The van der Waals surface area contributed by atoms with E-state index in [1.54, 1.807) is 0 Å². The Labute approximate surface area is 174 Å².